The summed E-state index contributed by atoms with van der Waals surface area (Å²) in [5.74, 6) is 0. The minimum absolute atomic E-state index is 0.652. The van der Waals surface area contributed by atoms with Gasteiger partial charge >= 0.3 is 0 Å². The van der Waals surface area contributed by atoms with Crippen molar-refractivity contribution in [2.75, 3.05) is 6.54 Å². The standard InChI is InChI=1S/C13H23N3S2/c1-2-9-14-11-7-5-3-4-6-8-12(11)18-13-16-15-10-17-13/h10-12,14H,2-9H2,1H3. The van der Waals surface area contributed by atoms with E-state index >= 15 is 0 Å². The second-order valence-electron chi connectivity index (χ2n) is 4.91. The van der Waals surface area contributed by atoms with E-state index in [9.17, 15) is 0 Å². The van der Waals surface area contributed by atoms with Crippen LogP contribution in [-0.4, -0.2) is 28.0 Å². The van der Waals surface area contributed by atoms with Gasteiger partial charge < -0.3 is 5.32 Å². The monoisotopic (exact) mass is 285 g/mol. The number of nitrogens with one attached hydrogen (secondary N) is 1. The Morgan fingerprint density at radius 2 is 2.17 bits per heavy atom. The molecular weight excluding hydrogens is 262 g/mol. The third-order valence-corrected chi connectivity index (χ3v) is 5.66. The Morgan fingerprint density at radius 1 is 1.33 bits per heavy atom. The van der Waals surface area contributed by atoms with E-state index in [4.69, 9.17) is 0 Å². The number of thioether (sulfide) groups is 1. The van der Waals surface area contributed by atoms with Gasteiger partial charge in [0.2, 0.25) is 0 Å². The van der Waals surface area contributed by atoms with Crippen LogP contribution < -0.4 is 5.32 Å². The zero-order chi connectivity index (χ0) is 12.6. The SMILES string of the molecule is CCCNC1CCCCCCC1Sc1nncs1. The van der Waals surface area contributed by atoms with Gasteiger partial charge in [-0.3, -0.25) is 0 Å². The van der Waals surface area contributed by atoms with E-state index in [-0.39, 0.29) is 0 Å². The Hall–Kier alpha value is -0.130. The zero-order valence-corrected chi connectivity index (χ0v) is 12.7. The second-order valence-corrected chi connectivity index (χ2v) is 7.23. The van der Waals surface area contributed by atoms with E-state index in [1.54, 1.807) is 11.3 Å². The van der Waals surface area contributed by atoms with Crippen molar-refractivity contribution >= 4 is 23.1 Å². The van der Waals surface area contributed by atoms with E-state index in [0.717, 1.165) is 10.9 Å². The minimum atomic E-state index is 0.652. The van der Waals surface area contributed by atoms with Crippen molar-refractivity contribution in [3.05, 3.63) is 5.51 Å². The summed E-state index contributed by atoms with van der Waals surface area (Å²) in [5.41, 5.74) is 1.83. The first-order valence-electron chi connectivity index (χ1n) is 7.06. The number of aromatic nitrogens is 2. The summed E-state index contributed by atoms with van der Waals surface area (Å²) in [6.45, 7) is 3.38. The maximum Gasteiger partial charge on any atom is 0.174 e. The number of hydrogen-bond acceptors (Lipinski definition) is 5. The fourth-order valence-electron chi connectivity index (χ4n) is 2.50. The lowest BCUT2D eigenvalue weighted by Crippen LogP contribution is -2.39. The van der Waals surface area contributed by atoms with Crippen molar-refractivity contribution < 1.29 is 0 Å². The van der Waals surface area contributed by atoms with Gasteiger partial charge in [0, 0.05) is 11.3 Å². The summed E-state index contributed by atoms with van der Waals surface area (Å²) < 4.78 is 1.13. The number of rotatable bonds is 5. The fourth-order valence-corrected chi connectivity index (χ4v) is 4.53. The van der Waals surface area contributed by atoms with Gasteiger partial charge in [-0.2, -0.15) is 0 Å². The molecule has 2 rings (SSSR count). The molecule has 0 saturated heterocycles. The van der Waals surface area contributed by atoms with Crippen molar-refractivity contribution in [3.63, 3.8) is 0 Å². The molecule has 0 bridgehead atoms. The van der Waals surface area contributed by atoms with E-state index in [1.807, 2.05) is 17.3 Å². The van der Waals surface area contributed by atoms with Gasteiger partial charge in [0.25, 0.3) is 0 Å². The van der Waals surface area contributed by atoms with Gasteiger partial charge in [-0.25, -0.2) is 0 Å². The Morgan fingerprint density at radius 3 is 2.89 bits per heavy atom. The molecule has 0 spiro atoms. The van der Waals surface area contributed by atoms with Crippen LogP contribution in [0.4, 0.5) is 0 Å². The van der Waals surface area contributed by atoms with Crippen LogP contribution in [0.5, 0.6) is 0 Å². The molecule has 0 radical (unpaired) electrons. The van der Waals surface area contributed by atoms with Gasteiger partial charge in [0.05, 0.1) is 0 Å². The van der Waals surface area contributed by atoms with Crippen molar-refractivity contribution in [2.45, 2.75) is 67.5 Å². The first kappa shape index (κ1) is 14.3. The molecule has 1 aliphatic rings. The lowest BCUT2D eigenvalue weighted by atomic mass is 9.96. The summed E-state index contributed by atoms with van der Waals surface area (Å²) in [6, 6.07) is 0.652. The van der Waals surface area contributed by atoms with Crippen LogP contribution in [0.1, 0.15) is 51.9 Å². The van der Waals surface area contributed by atoms with Crippen LogP contribution in [0.3, 0.4) is 0 Å². The molecule has 0 amide bonds. The topological polar surface area (TPSA) is 37.8 Å². The zero-order valence-electron chi connectivity index (χ0n) is 11.1. The highest BCUT2D eigenvalue weighted by atomic mass is 32.2. The summed E-state index contributed by atoms with van der Waals surface area (Å²) in [4.78, 5) is 0. The van der Waals surface area contributed by atoms with Crippen molar-refractivity contribution in [3.8, 4) is 0 Å². The molecule has 1 N–H and O–H groups in total. The molecule has 1 aromatic rings. The highest BCUT2D eigenvalue weighted by Crippen LogP contribution is 2.33. The van der Waals surface area contributed by atoms with Gasteiger partial charge in [0.1, 0.15) is 5.51 Å². The summed E-state index contributed by atoms with van der Waals surface area (Å²) in [6.07, 6.45) is 9.37. The maximum absolute atomic E-state index is 4.18. The van der Waals surface area contributed by atoms with Crippen molar-refractivity contribution in [1.82, 2.24) is 15.5 Å². The molecule has 1 aromatic heterocycles. The van der Waals surface area contributed by atoms with Gasteiger partial charge in [0.15, 0.2) is 4.34 Å². The molecule has 2 unspecified atom stereocenters. The molecule has 0 aromatic carbocycles. The minimum Gasteiger partial charge on any atom is -0.313 e. The lowest BCUT2D eigenvalue weighted by Gasteiger charge is -2.29. The normalized spacial score (nSPS) is 25.6. The molecule has 1 saturated carbocycles. The van der Waals surface area contributed by atoms with Crippen molar-refractivity contribution in [1.29, 1.82) is 0 Å². The summed E-state index contributed by atoms with van der Waals surface area (Å²) >= 11 is 3.60. The van der Waals surface area contributed by atoms with Crippen LogP contribution in [0.25, 0.3) is 0 Å². The lowest BCUT2D eigenvalue weighted by molar-refractivity contribution is 0.400. The quantitative estimate of drug-likeness (QED) is 0.894. The third-order valence-electron chi connectivity index (χ3n) is 3.45. The molecular formula is C13H23N3S2. The van der Waals surface area contributed by atoms with E-state index in [0.29, 0.717) is 11.3 Å². The summed E-state index contributed by atoms with van der Waals surface area (Å²) in [5, 5.41) is 12.5. The van der Waals surface area contributed by atoms with Crippen LogP contribution in [0, 0.1) is 0 Å². The molecule has 1 fully saturated rings. The molecule has 0 aliphatic heterocycles. The number of hydrogen-bond donors (Lipinski definition) is 1. The van der Waals surface area contributed by atoms with E-state index < -0.39 is 0 Å². The average Bonchev–Trinajstić information content (AvgIpc) is 2.85. The Labute approximate surface area is 118 Å². The molecule has 1 aliphatic carbocycles. The van der Waals surface area contributed by atoms with E-state index in [2.05, 4.69) is 22.4 Å². The second kappa shape index (κ2) is 8.12. The first-order valence-corrected chi connectivity index (χ1v) is 8.82. The van der Waals surface area contributed by atoms with Crippen LogP contribution in [0.15, 0.2) is 9.85 Å². The fraction of sp³-hybridized carbons (Fsp3) is 0.846. The van der Waals surface area contributed by atoms with Crippen LogP contribution >= 0.6 is 23.1 Å². The molecule has 18 heavy (non-hydrogen) atoms. The highest BCUT2D eigenvalue weighted by molar-refractivity contribution is 8.01. The predicted molar refractivity (Wildman–Crippen MR) is 79.3 cm³/mol. The Kier molecular flexibility index (Phi) is 6.45. The third kappa shape index (κ3) is 4.52. The van der Waals surface area contributed by atoms with Gasteiger partial charge in [-0.15, -0.1) is 10.2 Å². The van der Waals surface area contributed by atoms with Crippen LogP contribution in [0.2, 0.25) is 0 Å². The van der Waals surface area contributed by atoms with Crippen LogP contribution in [-0.2, 0) is 0 Å². The molecule has 3 nitrogen and oxygen atoms in total. The largest absolute Gasteiger partial charge is 0.313 e. The maximum atomic E-state index is 4.18. The van der Waals surface area contributed by atoms with Gasteiger partial charge in [-0.1, -0.05) is 55.7 Å². The summed E-state index contributed by atoms with van der Waals surface area (Å²) in [7, 11) is 0. The molecule has 1 heterocycles. The predicted octanol–water partition coefficient (Wildman–Crippen LogP) is 3.72. The molecule has 102 valence electrons. The number of nitrogens with zero attached hydrogens (tertiary/aromatic N) is 2. The van der Waals surface area contributed by atoms with Gasteiger partial charge in [-0.05, 0) is 25.8 Å². The van der Waals surface area contributed by atoms with Crippen molar-refractivity contribution in [2.24, 2.45) is 0 Å². The highest BCUT2D eigenvalue weighted by Gasteiger charge is 2.24. The molecule has 2 atom stereocenters. The van der Waals surface area contributed by atoms with E-state index in [1.165, 1.54) is 44.9 Å². The molecule has 5 heteroatoms. The average molecular weight is 285 g/mol. The first-order chi connectivity index (χ1) is 8.90. The smallest absolute Gasteiger partial charge is 0.174 e. The Balaban J connectivity index is 1.94. The Bertz CT molecular complexity index is 314.